The van der Waals surface area contributed by atoms with Crippen LogP contribution in [-0.4, -0.2) is 34.4 Å². The highest BCUT2D eigenvalue weighted by Crippen LogP contribution is 2.17. The van der Waals surface area contributed by atoms with Crippen LogP contribution >= 0.6 is 0 Å². The van der Waals surface area contributed by atoms with Gasteiger partial charge < -0.3 is 21.3 Å². The van der Waals surface area contributed by atoms with Crippen molar-refractivity contribution in [2.75, 3.05) is 17.6 Å². The lowest BCUT2D eigenvalue weighted by Gasteiger charge is -2.24. The van der Waals surface area contributed by atoms with Crippen LogP contribution < -0.4 is 16.4 Å². The minimum Gasteiger partial charge on any atom is -0.397 e. The smallest absolute Gasteiger partial charge is 0.317 e. The number of urea groups is 1. The lowest BCUT2D eigenvalue weighted by Crippen LogP contribution is -2.43. The monoisotopic (exact) mass is 397 g/mol. The Bertz CT molecular complexity index is 805. The summed E-state index contributed by atoms with van der Waals surface area (Å²) in [5, 5.41) is 5.70. The number of carbonyl (C=O) groups is 2. The number of amides is 3. The molecule has 0 saturated carbocycles. The second kappa shape index (κ2) is 11.0. The number of nitrogens with zero attached hydrogens (tertiary/aromatic N) is 2. The largest absolute Gasteiger partial charge is 0.397 e. The Balaban J connectivity index is 2.03. The molecule has 0 aliphatic rings. The number of unbranched alkanes of at least 4 members (excludes halogenated alkanes) is 2. The minimum absolute atomic E-state index is 0.0748. The van der Waals surface area contributed by atoms with Crippen molar-refractivity contribution in [2.45, 2.75) is 52.6 Å². The Morgan fingerprint density at radius 1 is 1.14 bits per heavy atom. The van der Waals surface area contributed by atoms with Crippen molar-refractivity contribution in [1.82, 2.24) is 15.2 Å². The lowest BCUT2D eigenvalue weighted by atomic mass is 10.2. The molecule has 0 bridgehead atoms. The molecule has 7 heteroatoms. The molecule has 1 aromatic carbocycles. The zero-order valence-electron chi connectivity index (χ0n) is 17.4. The van der Waals surface area contributed by atoms with E-state index >= 15 is 0 Å². The average Bonchev–Trinajstić information content (AvgIpc) is 2.69. The average molecular weight is 398 g/mol. The fourth-order valence-corrected chi connectivity index (χ4v) is 2.81. The van der Waals surface area contributed by atoms with E-state index in [9.17, 15) is 9.59 Å². The highest BCUT2D eigenvalue weighted by atomic mass is 16.2. The number of nitrogens with two attached hydrogens (primary N) is 1. The summed E-state index contributed by atoms with van der Waals surface area (Å²) < 4.78 is 0. The van der Waals surface area contributed by atoms with E-state index in [0.717, 1.165) is 24.8 Å². The predicted molar refractivity (Wildman–Crippen MR) is 117 cm³/mol. The molecule has 4 N–H and O–H groups in total. The normalized spacial score (nSPS) is 10.6. The van der Waals surface area contributed by atoms with Gasteiger partial charge in [0.25, 0.3) is 5.91 Å². The van der Waals surface area contributed by atoms with Crippen LogP contribution in [0.5, 0.6) is 0 Å². The Kier molecular flexibility index (Phi) is 8.45. The predicted octanol–water partition coefficient (Wildman–Crippen LogP) is 4.03. The van der Waals surface area contributed by atoms with Crippen LogP contribution in [0.4, 0.5) is 16.2 Å². The van der Waals surface area contributed by atoms with Gasteiger partial charge in [-0.2, -0.15) is 0 Å². The number of hydrogen-bond donors (Lipinski definition) is 3. The van der Waals surface area contributed by atoms with Crippen LogP contribution in [0.3, 0.4) is 0 Å². The Labute approximate surface area is 172 Å². The van der Waals surface area contributed by atoms with Crippen molar-refractivity contribution < 1.29 is 9.59 Å². The van der Waals surface area contributed by atoms with Crippen molar-refractivity contribution in [1.29, 1.82) is 0 Å². The van der Waals surface area contributed by atoms with Gasteiger partial charge in [0.1, 0.15) is 5.69 Å². The number of aromatic nitrogens is 1. The van der Waals surface area contributed by atoms with Gasteiger partial charge in [-0.15, -0.1) is 0 Å². The third-order valence-electron chi connectivity index (χ3n) is 4.37. The number of carbonyl (C=O) groups excluding carboxylic acids is 2. The Morgan fingerprint density at radius 2 is 1.90 bits per heavy atom. The first-order valence-corrected chi connectivity index (χ1v) is 10.1. The summed E-state index contributed by atoms with van der Waals surface area (Å²) in [4.78, 5) is 30.9. The van der Waals surface area contributed by atoms with Crippen LogP contribution in [0.15, 0.2) is 42.6 Å². The fraction of sp³-hybridized carbons (Fsp3) is 0.409. The van der Waals surface area contributed by atoms with Gasteiger partial charge in [0.05, 0.1) is 11.4 Å². The zero-order chi connectivity index (χ0) is 21.2. The highest BCUT2D eigenvalue weighted by molar-refractivity contribution is 6.04. The zero-order valence-corrected chi connectivity index (χ0v) is 17.4. The summed E-state index contributed by atoms with van der Waals surface area (Å²) in [7, 11) is 0. The molecule has 0 radical (unpaired) electrons. The molecule has 29 heavy (non-hydrogen) atoms. The van der Waals surface area contributed by atoms with Gasteiger partial charge in [-0.25, -0.2) is 4.79 Å². The van der Waals surface area contributed by atoms with E-state index in [1.54, 1.807) is 41.4 Å². The Hall–Kier alpha value is -3.09. The van der Waals surface area contributed by atoms with Crippen molar-refractivity contribution in [3.63, 3.8) is 0 Å². The van der Waals surface area contributed by atoms with Crippen molar-refractivity contribution >= 4 is 23.3 Å². The number of anilines is 2. The second-order valence-corrected chi connectivity index (χ2v) is 7.33. The van der Waals surface area contributed by atoms with E-state index in [2.05, 4.69) is 22.5 Å². The van der Waals surface area contributed by atoms with E-state index in [1.165, 1.54) is 0 Å². The standard InChI is InChI=1S/C22H31N5O2/c1-4-5-8-13-27(22(29)25-16(2)3)15-17-11-12-20(24-14-17)21(28)26-19-10-7-6-9-18(19)23/h6-7,9-12,14,16H,4-5,8,13,15,23H2,1-3H3,(H,25,29)(H,26,28). The van der Waals surface area contributed by atoms with Crippen LogP contribution in [0.1, 0.15) is 56.1 Å². The van der Waals surface area contributed by atoms with Crippen LogP contribution in [0.25, 0.3) is 0 Å². The topological polar surface area (TPSA) is 100 Å². The molecule has 0 aliphatic heterocycles. The molecule has 2 rings (SSSR count). The van der Waals surface area contributed by atoms with Gasteiger partial charge in [-0.1, -0.05) is 38.0 Å². The number of rotatable bonds is 9. The van der Waals surface area contributed by atoms with E-state index in [-0.39, 0.29) is 18.0 Å². The number of para-hydroxylation sites is 2. The summed E-state index contributed by atoms with van der Waals surface area (Å²) in [6.45, 7) is 7.15. The first-order valence-electron chi connectivity index (χ1n) is 10.1. The van der Waals surface area contributed by atoms with E-state index in [4.69, 9.17) is 5.73 Å². The third-order valence-corrected chi connectivity index (χ3v) is 4.37. The quantitative estimate of drug-likeness (QED) is 0.439. The summed E-state index contributed by atoms with van der Waals surface area (Å²) in [5.74, 6) is -0.327. The molecular formula is C22H31N5O2. The molecule has 0 spiro atoms. The number of benzene rings is 1. The van der Waals surface area contributed by atoms with Crippen molar-refractivity contribution in [2.24, 2.45) is 0 Å². The summed E-state index contributed by atoms with van der Waals surface area (Å²) in [6, 6.07) is 10.5. The van der Waals surface area contributed by atoms with E-state index < -0.39 is 0 Å². The van der Waals surface area contributed by atoms with Gasteiger partial charge in [-0.05, 0) is 44.0 Å². The minimum atomic E-state index is -0.327. The molecule has 156 valence electrons. The van der Waals surface area contributed by atoms with E-state index in [1.807, 2.05) is 19.9 Å². The molecule has 7 nitrogen and oxygen atoms in total. The number of nitrogen functional groups attached to an aromatic ring is 1. The molecule has 0 aliphatic carbocycles. The second-order valence-electron chi connectivity index (χ2n) is 7.33. The summed E-state index contributed by atoms with van der Waals surface area (Å²) in [6.07, 6.45) is 4.76. The van der Waals surface area contributed by atoms with Crippen LogP contribution in [0, 0.1) is 0 Å². The fourth-order valence-electron chi connectivity index (χ4n) is 2.81. The molecule has 2 aromatic rings. The summed E-state index contributed by atoms with van der Waals surface area (Å²) in [5.41, 5.74) is 8.07. The van der Waals surface area contributed by atoms with Crippen LogP contribution in [-0.2, 0) is 6.54 Å². The number of hydrogen-bond acceptors (Lipinski definition) is 4. The van der Waals surface area contributed by atoms with Gasteiger partial charge in [0.2, 0.25) is 0 Å². The maximum absolute atomic E-state index is 12.5. The third kappa shape index (κ3) is 7.10. The lowest BCUT2D eigenvalue weighted by molar-refractivity contribution is 0.102. The van der Waals surface area contributed by atoms with Gasteiger partial charge in [-0.3, -0.25) is 9.78 Å². The molecule has 0 unspecified atom stereocenters. The molecule has 0 fully saturated rings. The van der Waals surface area contributed by atoms with E-state index in [0.29, 0.717) is 30.2 Å². The first kappa shape index (κ1) is 22.2. The van der Waals surface area contributed by atoms with Crippen molar-refractivity contribution in [3.8, 4) is 0 Å². The molecule has 1 aromatic heterocycles. The molecule has 3 amide bonds. The molecule has 0 atom stereocenters. The Morgan fingerprint density at radius 3 is 2.52 bits per heavy atom. The highest BCUT2D eigenvalue weighted by Gasteiger charge is 2.15. The molecular weight excluding hydrogens is 366 g/mol. The molecule has 0 saturated heterocycles. The summed E-state index contributed by atoms with van der Waals surface area (Å²) >= 11 is 0. The van der Waals surface area contributed by atoms with Crippen molar-refractivity contribution in [3.05, 3.63) is 53.9 Å². The number of nitrogens with one attached hydrogen (secondary N) is 2. The van der Waals surface area contributed by atoms with Gasteiger partial charge in [0, 0.05) is 25.3 Å². The first-order chi connectivity index (χ1) is 13.9. The van der Waals surface area contributed by atoms with Crippen LogP contribution in [0.2, 0.25) is 0 Å². The molecule has 1 heterocycles. The number of pyridine rings is 1. The van der Waals surface area contributed by atoms with Gasteiger partial charge in [0.15, 0.2) is 0 Å². The SMILES string of the molecule is CCCCCN(Cc1ccc(C(=O)Nc2ccccc2N)nc1)C(=O)NC(C)C. The maximum Gasteiger partial charge on any atom is 0.317 e. The maximum atomic E-state index is 12.5. The van der Waals surface area contributed by atoms with Gasteiger partial charge >= 0.3 is 6.03 Å².